The van der Waals surface area contributed by atoms with E-state index in [0.29, 0.717) is 23.5 Å². The number of hydrogen-bond acceptors (Lipinski definition) is 4. The number of benzene rings is 1. The predicted octanol–water partition coefficient (Wildman–Crippen LogP) is 6.65. The van der Waals surface area contributed by atoms with Crippen LogP contribution in [0.15, 0.2) is 53.1 Å². The molecule has 0 amide bonds. The molecule has 2 aliphatic rings. The smallest absolute Gasteiger partial charge is 0.0623 e. The first-order valence-electron chi connectivity index (χ1n) is 12.8. The van der Waals surface area contributed by atoms with Gasteiger partial charge in [0, 0.05) is 43.5 Å². The molecule has 4 nitrogen and oxygen atoms in total. The van der Waals surface area contributed by atoms with Crippen molar-refractivity contribution in [2.45, 2.75) is 77.4 Å². The average Bonchev–Trinajstić information content (AvgIpc) is 3.14. The fourth-order valence-corrected chi connectivity index (χ4v) is 5.96. The molecule has 5 heteroatoms. The van der Waals surface area contributed by atoms with Gasteiger partial charge in [0.2, 0.25) is 0 Å². The van der Waals surface area contributed by atoms with Crippen LogP contribution >= 0.6 is 0 Å². The normalized spacial score (nSPS) is 29.1. The molecule has 34 heavy (non-hydrogen) atoms. The maximum Gasteiger partial charge on any atom is 0.0623 e. The van der Waals surface area contributed by atoms with E-state index >= 15 is 0 Å². The molecule has 2 aromatic heterocycles. The summed E-state index contributed by atoms with van der Waals surface area (Å²) in [6, 6.07) is 16.7. The minimum Gasteiger partial charge on any atom is -0.518 e. The zero-order valence-corrected chi connectivity index (χ0v) is 22.7. The van der Waals surface area contributed by atoms with Crippen molar-refractivity contribution in [1.82, 2.24) is 4.98 Å². The molecule has 0 aliphatic heterocycles. The first-order chi connectivity index (χ1) is 16.1. The zero-order chi connectivity index (χ0) is 23.2. The third-order valence-corrected chi connectivity index (χ3v) is 7.89. The first kappa shape index (κ1) is 27.1. The zero-order valence-electron chi connectivity index (χ0n) is 20.3. The molecule has 1 radical (unpaired) electrons. The molecule has 2 saturated carbocycles. The van der Waals surface area contributed by atoms with Crippen LogP contribution in [0.3, 0.4) is 0 Å². The molecule has 2 fully saturated rings. The van der Waals surface area contributed by atoms with E-state index in [1.807, 2.05) is 42.5 Å². The van der Waals surface area contributed by atoms with Crippen LogP contribution in [-0.4, -0.2) is 27.4 Å². The Morgan fingerprint density at radius 1 is 0.882 bits per heavy atom. The van der Waals surface area contributed by atoms with Gasteiger partial charge in [0.05, 0.1) is 18.0 Å². The van der Waals surface area contributed by atoms with Gasteiger partial charge in [0.1, 0.15) is 0 Å². The number of aromatic nitrogens is 1. The van der Waals surface area contributed by atoms with Gasteiger partial charge in [-0.3, -0.25) is 0 Å². The summed E-state index contributed by atoms with van der Waals surface area (Å²) in [4.78, 5) is 4.22. The van der Waals surface area contributed by atoms with Gasteiger partial charge >= 0.3 is 0 Å². The first-order valence-corrected chi connectivity index (χ1v) is 12.8. The van der Waals surface area contributed by atoms with E-state index in [0.717, 1.165) is 42.3 Å². The number of para-hydroxylation sites is 1. The summed E-state index contributed by atoms with van der Waals surface area (Å²) in [6.07, 6.45) is 10.5. The van der Waals surface area contributed by atoms with Crippen molar-refractivity contribution >= 4 is 11.0 Å². The van der Waals surface area contributed by atoms with Gasteiger partial charge in [-0.1, -0.05) is 69.9 Å². The molecule has 0 spiro atoms. The monoisotopic (exact) mass is 641 g/mol. The van der Waals surface area contributed by atoms with Gasteiger partial charge in [0.25, 0.3) is 0 Å². The standard InChI is InChI=1S/C16H30O2.C13H8NO.Ir/c1-3-11-7-5-9-13-10-6-8-12(4-2)16(18)14(13)15(11)17;1-2-7-12-10(5-1)9-13(15-12)11-6-3-4-8-14-11;/h11-18H,3-10H2,1-2H3;1-8H;/q;-1;/t11-,12-,13?,14?,15?,16?;;/m0../s1. The van der Waals surface area contributed by atoms with Crippen LogP contribution < -0.4 is 0 Å². The Balaban J connectivity index is 0.000000187. The van der Waals surface area contributed by atoms with Crippen molar-refractivity contribution in [2.75, 3.05) is 0 Å². The number of hydrogen-bond donors (Lipinski definition) is 2. The summed E-state index contributed by atoms with van der Waals surface area (Å²) in [5.41, 5.74) is 1.66. The molecule has 4 atom stereocenters. The molecule has 2 heterocycles. The molecule has 1 aromatic carbocycles. The van der Waals surface area contributed by atoms with Crippen molar-refractivity contribution in [3.63, 3.8) is 0 Å². The molecular weight excluding hydrogens is 603 g/mol. The number of rotatable bonds is 3. The molecule has 3 aromatic rings. The van der Waals surface area contributed by atoms with Crippen LogP contribution in [0.1, 0.15) is 65.2 Å². The van der Waals surface area contributed by atoms with Gasteiger partial charge in [-0.2, -0.15) is 0 Å². The summed E-state index contributed by atoms with van der Waals surface area (Å²) in [6.45, 7) is 4.35. The van der Waals surface area contributed by atoms with Gasteiger partial charge < -0.3 is 19.6 Å². The van der Waals surface area contributed by atoms with Crippen molar-refractivity contribution < 1.29 is 34.7 Å². The third-order valence-electron chi connectivity index (χ3n) is 7.89. The number of nitrogens with zero attached hydrogens (tertiary/aromatic N) is 1. The Bertz CT molecular complexity index is 934. The van der Waals surface area contributed by atoms with Crippen molar-refractivity contribution in [2.24, 2.45) is 23.7 Å². The van der Waals surface area contributed by atoms with Crippen molar-refractivity contribution in [1.29, 1.82) is 0 Å². The van der Waals surface area contributed by atoms with Crippen LogP contribution in [-0.2, 0) is 20.1 Å². The van der Waals surface area contributed by atoms with Crippen molar-refractivity contribution in [3.05, 3.63) is 54.7 Å². The Morgan fingerprint density at radius 3 is 2.06 bits per heavy atom. The van der Waals surface area contributed by atoms with E-state index in [1.54, 1.807) is 6.20 Å². The van der Waals surface area contributed by atoms with Gasteiger partial charge in [-0.15, -0.1) is 17.5 Å². The average molecular weight is 641 g/mol. The summed E-state index contributed by atoms with van der Waals surface area (Å²) in [5, 5.41) is 22.4. The van der Waals surface area contributed by atoms with E-state index in [1.165, 1.54) is 25.7 Å². The largest absolute Gasteiger partial charge is 0.518 e. The van der Waals surface area contributed by atoms with Crippen molar-refractivity contribution in [3.8, 4) is 11.5 Å². The minimum atomic E-state index is -0.273. The Labute approximate surface area is 217 Å². The molecule has 2 N–H and O–H groups in total. The maximum atomic E-state index is 10.7. The predicted molar refractivity (Wildman–Crippen MR) is 133 cm³/mol. The van der Waals surface area contributed by atoms with Crippen LogP contribution in [0.25, 0.3) is 22.4 Å². The van der Waals surface area contributed by atoms with E-state index in [9.17, 15) is 10.2 Å². The molecular formula is C29H38IrNO3-. The second-order valence-corrected chi connectivity index (χ2v) is 9.78. The molecule has 0 bridgehead atoms. The van der Waals surface area contributed by atoms with E-state index < -0.39 is 0 Å². The SMILES string of the molecule is CC[C@H]1CCCC2CCC[C@H](CC)C(O)C2C1O.[Ir].[c-]1c(-c2ccccn2)oc2ccccc12. The van der Waals surface area contributed by atoms with Gasteiger partial charge in [0.15, 0.2) is 0 Å². The molecule has 187 valence electrons. The summed E-state index contributed by atoms with van der Waals surface area (Å²) in [7, 11) is 0. The molecule has 2 aliphatic carbocycles. The number of pyridine rings is 1. The second-order valence-electron chi connectivity index (χ2n) is 9.78. The Hall–Kier alpha value is -1.52. The van der Waals surface area contributed by atoms with Gasteiger partial charge in [-0.05, 0) is 49.5 Å². The molecule has 2 unspecified atom stereocenters. The van der Waals surface area contributed by atoms with Gasteiger partial charge in [-0.25, -0.2) is 0 Å². The van der Waals surface area contributed by atoms with Crippen LogP contribution in [0.4, 0.5) is 0 Å². The fraction of sp³-hybridized carbons (Fsp3) is 0.552. The third kappa shape index (κ3) is 6.18. The van der Waals surface area contributed by atoms with E-state index in [-0.39, 0.29) is 38.2 Å². The summed E-state index contributed by atoms with van der Waals surface area (Å²) >= 11 is 0. The number of aliphatic hydroxyl groups excluding tert-OH is 2. The Morgan fingerprint density at radius 2 is 1.50 bits per heavy atom. The summed E-state index contributed by atoms with van der Waals surface area (Å²) < 4.78 is 5.64. The van der Waals surface area contributed by atoms with Crippen LogP contribution in [0, 0.1) is 29.7 Å². The quantitative estimate of drug-likeness (QED) is 0.315. The van der Waals surface area contributed by atoms with E-state index in [2.05, 4.69) is 24.9 Å². The van der Waals surface area contributed by atoms with E-state index in [4.69, 9.17) is 4.42 Å². The number of aliphatic hydroxyl groups is 2. The summed E-state index contributed by atoms with van der Waals surface area (Å²) in [5.74, 6) is 2.21. The van der Waals surface area contributed by atoms with Crippen LogP contribution in [0.5, 0.6) is 0 Å². The second kappa shape index (κ2) is 13.0. The fourth-order valence-electron chi connectivity index (χ4n) is 5.96. The number of fused-ring (bicyclic) bond motifs is 2. The number of furan rings is 1. The Kier molecular flexibility index (Phi) is 10.3. The maximum absolute atomic E-state index is 10.7. The molecule has 5 rings (SSSR count). The minimum absolute atomic E-state index is 0. The topological polar surface area (TPSA) is 66.5 Å². The molecule has 0 saturated heterocycles. The van der Waals surface area contributed by atoms with Crippen LogP contribution in [0.2, 0.25) is 0 Å².